The summed E-state index contributed by atoms with van der Waals surface area (Å²) in [7, 11) is 0. The van der Waals surface area contributed by atoms with Gasteiger partial charge in [0.15, 0.2) is 0 Å². The fraction of sp³-hybridized carbons (Fsp3) is 0.643. The van der Waals surface area contributed by atoms with Gasteiger partial charge in [0.1, 0.15) is 0 Å². The average molecular weight is 306 g/mol. The van der Waals surface area contributed by atoms with E-state index in [0.29, 0.717) is 19.3 Å². The van der Waals surface area contributed by atoms with Crippen LogP contribution in [0.5, 0.6) is 0 Å². The monoisotopic (exact) mass is 306 g/mol. The Morgan fingerprint density at radius 2 is 2.10 bits per heavy atom. The van der Waals surface area contributed by atoms with Crippen LogP contribution in [0.3, 0.4) is 0 Å². The normalized spacial score (nSPS) is 23.6. The average Bonchev–Trinajstić information content (AvgIpc) is 2.91. The third kappa shape index (κ3) is 3.98. The van der Waals surface area contributed by atoms with Crippen molar-refractivity contribution < 1.29 is 22.7 Å². The molecule has 0 N–H and O–H groups in total. The molecule has 0 saturated heterocycles. The van der Waals surface area contributed by atoms with Crippen molar-refractivity contribution in [3.05, 3.63) is 22.4 Å². The number of rotatable bonds is 4. The summed E-state index contributed by atoms with van der Waals surface area (Å²) in [5.41, 5.74) is 0. The van der Waals surface area contributed by atoms with Crippen molar-refractivity contribution in [2.45, 2.75) is 38.3 Å². The zero-order valence-electron chi connectivity index (χ0n) is 11.0. The van der Waals surface area contributed by atoms with Crippen LogP contribution >= 0.6 is 11.3 Å². The van der Waals surface area contributed by atoms with Gasteiger partial charge in [0.25, 0.3) is 0 Å². The molecular formula is C14H17F3O2S. The van der Waals surface area contributed by atoms with Gasteiger partial charge in [-0.15, -0.1) is 11.3 Å². The van der Waals surface area contributed by atoms with Crippen molar-refractivity contribution in [2.75, 3.05) is 6.61 Å². The summed E-state index contributed by atoms with van der Waals surface area (Å²) in [6.45, 7) is 0.153. The summed E-state index contributed by atoms with van der Waals surface area (Å²) in [5.74, 6) is -3.25. The second-order valence-corrected chi connectivity index (χ2v) is 6.07. The minimum absolute atomic E-state index is 0.0359. The fourth-order valence-corrected chi connectivity index (χ4v) is 3.31. The summed E-state index contributed by atoms with van der Waals surface area (Å²) in [4.78, 5) is 12.9. The number of hydrogen-bond acceptors (Lipinski definition) is 3. The van der Waals surface area contributed by atoms with E-state index in [1.807, 2.05) is 17.5 Å². The molecule has 1 heterocycles. The van der Waals surface area contributed by atoms with E-state index in [1.165, 1.54) is 0 Å². The third-order valence-electron chi connectivity index (χ3n) is 3.66. The van der Waals surface area contributed by atoms with E-state index in [0.717, 1.165) is 4.88 Å². The van der Waals surface area contributed by atoms with Crippen LogP contribution in [0.15, 0.2) is 17.5 Å². The van der Waals surface area contributed by atoms with E-state index in [1.54, 1.807) is 11.3 Å². The molecule has 1 aliphatic rings. The lowest BCUT2D eigenvalue weighted by Gasteiger charge is -2.31. The second kappa shape index (κ2) is 6.61. The number of esters is 1. The largest absolute Gasteiger partial charge is 0.465 e. The minimum atomic E-state index is -4.31. The van der Waals surface area contributed by atoms with Crippen LogP contribution in [0.4, 0.5) is 13.2 Å². The van der Waals surface area contributed by atoms with E-state index >= 15 is 0 Å². The Bertz CT molecular complexity index is 428. The molecule has 0 bridgehead atoms. The van der Waals surface area contributed by atoms with Crippen molar-refractivity contribution in [1.82, 2.24) is 0 Å². The molecule has 2 unspecified atom stereocenters. The van der Waals surface area contributed by atoms with Gasteiger partial charge in [-0.25, -0.2) is 0 Å². The number of alkyl halides is 3. The first kappa shape index (κ1) is 15.4. The van der Waals surface area contributed by atoms with Crippen LogP contribution in [-0.4, -0.2) is 18.8 Å². The van der Waals surface area contributed by atoms with Crippen molar-refractivity contribution in [1.29, 1.82) is 0 Å². The highest BCUT2D eigenvalue weighted by Crippen LogP contribution is 2.41. The molecular weight excluding hydrogens is 289 g/mol. The summed E-state index contributed by atoms with van der Waals surface area (Å²) in [5, 5.41) is 1.91. The Morgan fingerprint density at radius 1 is 1.35 bits per heavy atom. The molecule has 1 fully saturated rings. The number of ether oxygens (including phenoxy) is 1. The molecule has 1 saturated carbocycles. The first-order valence-corrected chi connectivity index (χ1v) is 7.62. The summed E-state index contributed by atoms with van der Waals surface area (Å²) >= 11 is 1.54. The zero-order valence-corrected chi connectivity index (χ0v) is 11.8. The van der Waals surface area contributed by atoms with E-state index in [4.69, 9.17) is 4.74 Å². The molecule has 0 amide bonds. The van der Waals surface area contributed by atoms with Crippen LogP contribution in [0.1, 0.15) is 30.6 Å². The van der Waals surface area contributed by atoms with Gasteiger partial charge in [-0.05, 0) is 24.3 Å². The Hall–Kier alpha value is -1.04. The summed E-state index contributed by atoms with van der Waals surface area (Å²) in [6.07, 6.45) is -2.23. The van der Waals surface area contributed by atoms with E-state index < -0.39 is 24.0 Å². The maximum absolute atomic E-state index is 12.9. The molecule has 2 nitrogen and oxygen atoms in total. The molecule has 6 heteroatoms. The second-order valence-electron chi connectivity index (χ2n) is 5.04. The molecule has 1 aliphatic carbocycles. The molecule has 1 aromatic heterocycles. The molecule has 20 heavy (non-hydrogen) atoms. The van der Waals surface area contributed by atoms with E-state index in [2.05, 4.69) is 0 Å². The Balaban J connectivity index is 1.86. The van der Waals surface area contributed by atoms with Gasteiger partial charge < -0.3 is 4.74 Å². The van der Waals surface area contributed by atoms with Gasteiger partial charge in [-0.3, -0.25) is 4.79 Å². The molecule has 0 aromatic carbocycles. The van der Waals surface area contributed by atoms with Crippen molar-refractivity contribution >= 4 is 17.3 Å². The Morgan fingerprint density at radius 3 is 2.75 bits per heavy atom. The first-order valence-electron chi connectivity index (χ1n) is 6.74. The van der Waals surface area contributed by atoms with Gasteiger partial charge >= 0.3 is 12.1 Å². The highest BCUT2D eigenvalue weighted by atomic mass is 32.1. The van der Waals surface area contributed by atoms with E-state index in [9.17, 15) is 18.0 Å². The molecule has 1 aromatic rings. The number of carbonyl (C=O) groups excluding carboxylic acids is 1. The fourth-order valence-electron chi connectivity index (χ4n) is 2.62. The van der Waals surface area contributed by atoms with Gasteiger partial charge in [0.2, 0.25) is 0 Å². The lowest BCUT2D eigenvalue weighted by atomic mass is 9.79. The highest BCUT2D eigenvalue weighted by molar-refractivity contribution is 7.09. The van der Waals surface area contributed by atoms with Crippen LogP contribution in [0.25, 0.3) is 0 Å². The van der Waals surface area contributed by atoms with Gasteiger partial charge in [-0.1, -0.05) is 18.9 Å². The van der Waals surface area contributed by atoms with E-state index in [-0.39, 0.29) is 19.4 Å². The maximum atomic E-state index is 12.9. The minimum Gasteiger partial charge on any atom is -0.465 e. The number of carbonyl (C=O) groups is 1. The van der Waals surface area contributed by atoms with Crippen LogP contribution in [0, 0.1) is 11.8 Å². The summed E-state index contributed by atoms with van der Waals surface area (Å²) in [6, 6.07) is 3.81. The van der Waals surface area contributed by atoms with Crippen molar-refractivity contribution in [3.8, 4) is 0 Å². The van der Waals surface area contributed by atoms with Gasteiger partial charge in [-0.2, -0.15) is 13.2 Å². The zero-order chi connectivity index (χ0) is 14.6. The molecule has 2 rings (SSSR count). The Kier molecular flexibility index (Phi) is 5.07. The topological polar surface area (TPSA) is 26.3 Å². The predicted molar refractivity (Wildman–Crippen MR) is 70.5 cm³/mol. The Labute approximate surface area is 119 Å². The standard InChI is InChI=1S/C14H17F3O2S/c15-14(16,17)12-6-2-1-5-11(12)13(18)19-8-7-10-4-3-9-20-10/h3-4,9,11-12H,1-2,5-8H2. The van der Waals surface area contributed by atoms with Gasteiger partial charge in [0, 0.05) is 11.3 Å². The SMILES string of the molecule is O=C(OCCc1cccs1)C1CCCCC1C(F)(F)F. The maximum Gasteiger partial charge on any atom is 0.392 e. The number of thiophene rings is 1. The molecule has 0 aliphatic heterocycles. The van der Waals surface area contributed by atoms with Crippen LogP contribution < -0.4 is 0 Å². The highest BCUT2D eigenvalue weighted by Gasteiger charge is 2.48. The quantitative estimate of drug-likeness (QED) is 0.779. The van der Waals surface area contributed by atoms with Crippen LogP contribution in [0.2, 0.25) is 0 Å². The lowest BCUT2D eigenvalue weighted by Crippen LogP contribution is -2.38. The molecule has 2 atom stereocenters. The predicted octanol–water partition coefficient (Wildman–Crippen LogP) is 4.20. The lowest BCUT2D eigenvalue weighted by molar-refractivity contribution is -0.205. The van der Waals surface area contributed by atoms with Crippen molar-refractivity contribution in [2.24, 2.45) is 11.8 Å². The smallest absolute Gasteiger partial charge is 0.392 e. The van der Waals surface area contributed by atoms with Gasteiger partial charge in [0.05, 0.1) is 18.4 Å². The van der Waals surface area contributed by atoms with Crippen molar-refractivity contribution in [3.63, 3.8) is 0 Å². The van der Waals surface area contributed by atoms with Crippen LogP contribution in [-0.2, 0) is 16.0 Å². The molecule has 0 radical (unpaired) electrons. The number of halogens is 3. The number of hydrogen-bond donors (Lipinski definition) is 0. The third-order valence-corrected chi connectivity index (χ3v) is 4.60. The summed E-state index contributed by atoms with van der Waals surface area (Å²) < 4.78 is 43.7. The molecule has 112 valence electrons. The first-order chi connectivity index (χ1) is 9.48. The molecule has 0 spiro atoms.